The van der Waals surface area contributed by atoms with E-state index in [9.17, 15) is 13.2 Å². The lowest BCUT2D eigenvalue weighted by molar-refractivity contribution is -0.140. The number of benzene rings is 2. The summed E-state index contributed by atoms with van der Waals surface area (Å²) in [6, 6.07) is 16.9. The van der Waals surface area contributed by atoms with E-state index in [1.807, 2.05) is 0 Å². The van der Waals surface area contributed by atoms with Crippen molar-refractivity contribution >= 4 is 17.2 Å². The smallest absolute Gasteiger partial charge is 0.228 e. The summed E-state index contributed by atoms with van der Waals surface area (Å²) in [5.41, 5.74) is 0.871. The van der Waals surface area contributed by atoms with Crippen LogP contribution in [-0.4, -0.2) is 14.6 Å². The summed E-state index contributed by atoms with van der Waals surface area (Å²) in [5.74, 6) is 0. The first-order valence-corrected chi connectivity index (χ1v) is 8.09. The van der Waals surface area contributed by atoms with E-state index in [4.69, 9.17) is 11.6 Å². The van der Waals surface area contributed by atoms with Crippen LogP contribution in [-0.2, 0) is 6.18 Å². The van der Waals surface area contributed by atoms with Crippen LogP contribution in [0.3, 0.4) is 0 Å². The summed E-state index contributed by atoms with van der Waals surface area (Å²) in [7, 11) is 0. The van der Waals surface area contributed by atoms with Crippen molar-refractivity contribution in [2.75, 3.05) is 0 Å². The van der Waals surface area contributed by atoms with Crippen LogP contribution in [0.15, 0.2) is 66.9 Å². The third-order valence-corrected chi connectivity index (χ3v) is 4.21. The molecule has 26 heavy (non-hydrogen) atoms. The van der Waals surface area contributed by atoms with E-state index in [0.717, 1.165) is 10.1 Å². The van der Waals surface area contributed by atoms with Crippen molar-refractivity contribution in [1.29, 1.82) is 0 Å². The average Bonchev–Trinajstić information content (AvgIpc) is 3.02. The minimum Gasteiger partial charge on any atom is -0.228 e. The molecule has 2 aromatic carbocycles. The van der Waals surface area contributed by atoms with Crippen LogP contribution in [0.25, 0.3) is 28.0 Å². The van der Waals surface area contributed by atoms with E-state index in [1.165, 1.54) is 6.20 Å². The summed E-state index contributed by atoms with van der Waals surface area (Å²) in [5, 5.41) is 4.29. The summed E-state index contributed by atoms with van der Waals surface area (Å²) < 4.78 is 41.7. The topological polar surface area (TPSA) is 30.2 Å². The average molecular weight is 374 g/mol. The van der Waals surface area contributed by atoms with Gasteiger partial charge in [0.2, 0.25) is 0 Å². The van der Waals surface area contributed by atoms with Gasteiger partial charge in [-0.2, -0.15) is 18.3 Å². The number of hydrogen-bond donors (Lipinski definition) is 0. The molecule has 0 spiro atoms. The van der Waals surface area contributed by atoms with E-state index in [2.05, 4.69) is 10.1 Å². The summed E-state index contributed by atoms with van der Waals surface area (Å²) >= 11 is 5.89. The van der Waals surface area contributed by atoms with Gasteiger partial charge in [-0.3, -0.25) is 0 Å². The van der Waals surface area contributed by atoms with Gasteiger partial charge in [0.1, 0.15) is 0 Å². The molecule has 130 valence electrons. The lowest BCUT2D eigenvalue weighted by Crippen LogP contribution is -2.07. The highest BCUT2D eigenvalue weighted by molar-refractivity contribution is 6.30. The Morgan fingerprint density at radius 1 is 0.846 bits per heavy atom. The SMILES string of the molecule is FC(F)(F)c1nn2ccc(-c3ccc(Cl)cc3)nc2c1-c1ccccc1. The Morgan fingerprint density at radius 3 is 2.19 bits per heavy atom. The molecule has 0 unspecified atom stereocenters. The highest BCUT2D eigenvalue weighted by atomic mass is 35.5. The third-order valence-electron chi connectivity index (χ3n) is 3.96. The minimum absolute atomic E-state index is 0.0334. The standard InChI is InChI=1S/C19H11ClF3N3/c20-14-8-6-12(7-9-14)15-10-11-26-18(24-15)16(13-4-2-1-3-5-13)17(25-26)19(21,22)23/h1-11H. The van der Waals surface area contributed by atoms with Crippen molar-refractivity contribution in [3.05, 3.63) is 77.6 Å². The van der Waals surface area contributed by atoms with Crippen molar-refractivity contribution in [3.63, 3.8) is 0 Å². The van der Waals surface area contributed by atoms with Crippen molar-refractivity contribution in [3.8, 4) is 22.4 Å². The number of hydrogen-bond acceptors (Lipinski definition) is 2. The van der Waals surface area contributed by atoms with Crippen molar-refractivity contribution in [2.24, 2.45) is 0 Å². The van der Waals surface area contributed by atoms with Crippen molar-refractivity contribution in [2.45, 2.75) is 6.18 Å². The highest BCUT2D eigenvalue weighted by Crippen LogP contribution is 2.38. The molecule has 0 aliphatic carbocycles. The quantitative estimate of drug-likeness (QED) is 0.449. The molecule has 0 aliphatic rings. The molecule has 0 amide bonds. The minimum atomic E-state index is -4.58. The zero-order valence-corrected chi connectivity index (χ0v) is 14.0. The van der Waals surface area contributed by atoms with E-state index < -0.39 is 11.9 Å². The predicted octanol–water partition coefficient (Wildman–Crippen LogP) is 5.74. The van der Waals surface area contributed by atoms with Crippen LogP contribution < -0.4 is 0 Å². The third kappa shape index (κ3) is 2.93. The fraction of sp³-hybridized carbons (Fsp3) is 0.0526. The number of alkyl halides is 3. The second-order valence-corrected chi connectivity index (χ2v) is 6.11. The molecule has 3 nitrogen and oxygen atoms in total. The summed E-state index contributed by atoms with van der Waals surface area (Å²) in [6.45, 7) is 0. The molecule has 2 aromatic heterocycles. The Balaban J connectivity index is 1.98. The largest absolute Gasteiger partial charge is 0.435 e. The van der Waals surface area contributed by atoms with Gasteiger partial charge in [0.25, 0.3) is 0 Å². The molecule has 0 radical (unpaired) electrons. The first-order chi connectivity index (χ1) is 12.4. The Bertz CT molecular complexity index is 1070. The molecular weight excluding hydrogens is 363 g/mol. The Labute approximate surface area is 151 Å². The molecule has 2 heterocycles. The maximum Gasteiger partial charge on any atom is 0.435 e. The molecule has 0 saturated heterocycles. The zero-order valence-electron chi connectivity index (χ0n) is 13.2. The zero-order chi connectivity index (χ0) is 18.3. The molecule has 7 heteroatoms. The molecule has 0 fully saturated rings. The van der Waals surface area contributed by atoms with E-state index >= 15 is 0 Å². The number of aromatic nitrogens is 3. The number of fused-ring (bicyclic) bond motifs is 1. The van der Waals surface area contributed by atoms with Crippen molar-refractivity contribution < 1.29 is 13.2 Å². The van der Waals surface area contributed by atoms with E-state index in [0.29, 0.717) is 16.3 Å². The van der Waals surface area contributed by atoms with Crippen molar-refractivity contribution in [1.82, 2.24) is 14.6 Å². The van der Waals surface area contributed by atoms with Gasteiger partial charge in [0.05, 0.1) is 11.3 Å². The highest BCUT2D eigenvalue weighted by Gasteiger charge is 2.39. The van der Waals surface area contributed by atoms with Gasteiger partial charge in [-0.05, 0) is 23.8 Å². The number of rotatable bonds is 2. The van der Waals surface area contributed by atoms with Crippen LogP contribution in [0.4, 0.5) is 13.2 Å². The van der Waals surface area contributed by atoms with Gasteiger partial charge < -0.3 is 0 Å². The fourth-order valence-electron chi connectivity index (χ4n) is 2.78. The van der Waals surface area contributed by atoms with Gasteiger partial charge in [-0.1, -0.05) is 54.1 Å². The van der Waals surface area contributed by atoms with Gasteiger partial charge in [0.15, 0.2) is 11.3 Å². The van der Waals surface area contributed by atoms with Crippen LogP contribution in [0.1, 0.15) is 5.69 Å². The van der Waals surface area contributed by atoms with Gasteiger partial charge in [-0.15, -0.1) is 0 Å². The van der Waals surface area contributed by atoms with Crippen LogP contribution in [0.5, 0.6) is 0 Å². The fourth-order valence-corrected chi connectivity index (χ4v) is 2.91. The molecule has 0 N–H and O–H groups in total. The number of nitrogens with zero attached hydrogens (tertiary/aromatic N) is 3. The summed E-state index contributed by atoms with van der Waals surface area (Å²) in [4.78, 5) is 4.44. The lowest BCUT2D eigenvalue weighted by Gasteiger charge is -2.06. The second kappa shape index (κ2) is 6.14. The molecule has 4 aromatic rings. The molecular formula is C19H11ClF3N3. The van der Waals surface area contributed by atoms with E-state index in [-0.39, 0.29) is 11.2 Å². The Kier molecular flexibility index (Phi) is 3.92. The maximum absolute atomic E-state index is 13.5. The molecule has 4 rings (SSSR count). The molecule has 0 aliphatic heterocycles. The lowest BCUT2D eigenvalue weighted by atomic mass is 10.1. The number of halogens is 4. The van der Waals surface area contributed by atoms with Gasteiger partial charge >= 0.3 is 6.18 Å². The Morgan fingerprint density at radius 2 is 1.54 bits per heavy atom. The molecule has 0 saturated carbocycles. The first kappa shape index (κ1) is 16.6. The first-order valence-electron chi connectivity index (χ1n) is 7.71. The molecule has 0 bridgehead atoms. The van der Waals surface area contributed by atoms with Crippen LogP contribution in [0, 0.1) is 0 Å². The molecule has 0 atom stereocenters. The summed E-state index contributed by atoms with van der Waals surface area (Å²) in [6.07, 6.45) is -3.10. The second-order valence-electron chi connectivity index (χ2n) is 5.68. The Hall–Kier alpha value is -2.86. The van der Waals surface area contributed by atoms with Gasteiger partial charge in [-0.25, -0.2) is 9.50 Å². The normalized spacial score (nSPS) is 11.8. The predicted molar refractivity (Wildman–Crippen MR) is 93.9 cm³/mol. The van der Waals surface area contributed by atoms with Crippen LogP contribution in [0.2, 0.25) is 5.02 Å². The van der Waals surface area contributed by atoms with Gasteiger partial charge in [0, 0.05) is 16.8 Å². The monoisotopic (exact) mass is 373 g/mol. The maximum atomic E-state index is 13.5. The van der Waals surface area contributed by atoms with E-state index in [1.54, 1.807) is 60.7 Å². The van der Waals surface area contributed by atoms with Crippen LogP contribution >= 0.6 is 11.6 Å².